The number of hydrogen-bond donors (Lipinski definition) is 5. The first-order valence-electron chi connectivity index (χ1n) is 11.2. The zero-order valence-corrected chi connectivity index (χ0v) is 18.5. The van der Waals surface area contributed by atoms with Gasteiger partial charge in [-0.25, -0.2) is 4.79 Å². The summed E-state index contributed by atoms with van der Waals surface area (Å²) in [6, 6.07) is 11.8. The molecule has 0 aliphatic heterocycles. The van der Waals surface area contributed by atoms with Crippen LogP contribution in [0.5, 0.6) is 5.75 Å². The molecule has 32 heavy (non-hydrogen) atoms. The maximum absolute atomic E-state index is 10.8. The van der Waals surface area contributed by atoms with Crippen molar-refractivity contribution in [3.05, 3.63) is 64.7 Å². The van der Waals surface area contributed by atoms with Crippen molar-refractivity contribution in [2.45, 2.75) is 51.2 Å². The third-order valence-electron chi connectivity index (χ3n) is 5.34. The number of carbonyl (C=O) groups is 1. The molecule has 0 saturated heterocycles. The molecule has 2 aromatic carbocycles. The lowest BCUT2D eigenvalue weighted by molar-refractivity contribution is 0.0696. The number of nitrogens with one attached hydrogen (secondary N) is 1. The molecule has 7 heteroatoms. The first kappa shape index (κ1) is 25.8. The van der Waals surface area contributed by atoms with Gasteiger partial charge >= 0.3 is 5.97 Å². The standard InChI is InChI=1S/C25H35NO6/c27-18-22-16-21(11-12-23(22)28)24(29)17-26-13-3-1-2-4-14-32-15-5-6-19-7-9-20(10-8-19)25(30)31/h7-12,16,24,26-29H,1-6,13-15,17-18H2,(H,30,31). The summed E-state index contributed by atoms with van der Waals surface area (Å²) >= 11 is 0. The number of aromatic carboxylic acids is 1. The number of benzene rings is 2. The van der Waals surface area contributed by atoms with E-state index in [2.05, 4.69) is 5.32 Å². The number of aryl methyl sites for hydroxylation is 1. The minimum absolute atomic E-state index is 0.0349. The Morgan fingerprint density at radius 3 is 2.41 bits per heavy atom. The van der Waals surface area contributed by atoms with E-state index in [0.29, 0.717) is 29.8 Å². The largest absolute Gasteiger partial charge is 0.508 e. The van der Waals surface area contributed by atoms with E-state index in [0.717, 1.165) is 57.2 Å². The topological polar surface area (TPSA) is 119 Å². The van der Waals surface area contributed by atoms with Gasteiger partial charge in [-0.15, -0.1) is 0 Å². The third kappa shape index (κ3) is 9.36. The number of phenols is 1. The second kappa shape index (κ2) is 14.6. The third-order valence-corrected chi connectivity index (χ3v) is 5.34. The Morgan fingerprint density at radius 2 is 1.69 bits per heavy atom. The van der Waals surface area contributed by atoms with Crippen molar-refractivity contribution in [3.8, 4) is 5.75 Å². The monoisotopic (exact) mass is 445 g/mol. The highest BCUT2D eigenvalue weighted by Crippen LogP contribution is 2.22. The minimum atomic E-state index is -0.903. The molecule has 0 aliphatic carbocycles. The highest BCUT2D eigenvalue weighted by molar-refractivity contribution is 5.87. The van der Waals surface area contributed by atoms with Crippen molar-refractivity contribution in [1.29, 1.82) is 0 Å². The summed E-state index contributed by atoms with van der Waals surface area (Å²) in [6.45, 7) is 2.45. The van der Waals surface area contributed by atoms with Crippen LogP contribution in [-0.2, 0) is 17.8 Å². The first-order chi connectivity index (χ1) is 15.5. The number of rotatable bonds is 16. The zero-order valence-electron chi connectivity index (χ0n) is 18.5. The van der Waals surface area contributed by atoms with Crippen LogP contribution in [0.3, 0.4) is 0 Å². The molecule has 0 aliphatic rings. The van der Waals surface area contributed by atoms with E-state index in [4.69, 9.17) is 9.84 Å². The fourth-order valence-corrected chi connectivity index (χ4v) is 3.40. The molecule has 0 radical (unpaired) electrons. The van der Waals surface area contributed by atoms with Gasteiger partial charge in [0.25, 0.3) is 0 Å². The molecular formula is C25H35NO6. The van der Waals surface area contributed by atoms with Crippen LogP contribution in [0.25, 0.3) is 0 Å². The smallest absolute Gasteiger partial charge is 0.335 e. The fourth-order valence-electron chi connectivity index (χ4n) is 3.40. The summed E-state index contributed by atoms with van der Waals surface area (Å²) in [5.41, 5.74) is 2.52. The average Bonchev–Trinajstić information content (AvgIpc) is 2.80. The van der Waals surface area contributed by atoms with E-state index < -0.39 is 12.1 Å². The lowest BCUT2D eigenvalue weighted by atomic mass is 10.1. The highest BCUT2D eigenvalue weighted by Gasteiger charge is 2.10. The second-order valence-corrected chi connectivity index (χ2v) is 7.90. The van der Waals surface area contributed by atoms with Gasteiger partial charge in [-0.05, 0) is 67.6 Å². The normalized spacial score (nSPS) is 12.1. The molecule has 0 saturated carbocycles. The van der Waals surface area contributed by atoms with E-state index in [1.54, 1.807) is 24.3 Å². The first-order valence-corrected chi connectivity index (χ1v) is 11.2. The van der Waals surface area contributed by atoms with Crippen LogP contribution in [-0.4, -0.2) is 52.7 Å². The fraction of sp³-hybridized carbons (Fsp3) is 0.480. The Bertz CT molecular complexity index is 809. The van der Waals surface area contributed by atoms with Crippen LogP contribution in [0.1, 0.15) is 65.3 Å². The van der Waals surface area contributed by atoms with Gasteiger partial charge in [-0.3, -0.25) is 0 Å². The molecule has 5 N–H and O–H groups in total. The Kier molecular flexibility index (Phi) is 11.8. The Morgan fingerprint density at radius 1 is 0.969 bits per heavy atom. The molecule has 0 amide bonds. The number of ether oxygens (including phenoxy) is 1. The number of carboxylic acids is 1. The molecule has 2 rings (SSSR count). The van der Waals surface area contributed by atoms with Gasteiger partial charge in [0.15, 0.2) is 0 Å². The van der Waals surface area contributed by atoms with Gasteiger partial charge in [0.2, 0.25) is 0 Å². The lowest BCUT2D eigenvalue weighted by Crippen LogP contribution is -2.22. The Balaban J connectivity index is 1.42. The predicted molar refractivity (Wildman–Crippen MR) is 123 cm³/mol. The van der Waals surface area contributed by atoms with Gasteiger partial charge in [-0.2, -0.15) is 0 Å². The molecule has 176 valence electrons. The van der Waals surface area contributed by atoms with E-state index in [1.807, 2.05) is 12.1 Å². The number of hydrogen-bond acceptors (Lipinski definition) is 6. The predicted octanol–water partition coefficient (Wildman–Crippen LogP) is 3.42. The van der Waals surface area contributed by atoms with Crippen LogP contribution in [0.15, 0.2) is 42.5 Å². The van der Waals surface area contributed by atoms with Crippen LogP contribution in [0.2, 0.25) is 0 Å². The lowest BCUT2D eigenvalue weighted by Gasteiger charge is -2.14. The minimum Gasteiger partial charge on any atom is -0.508 e. The van der Waals surface area contributed by atoms with Gasteiger partial charge in [0.05, 0.1) is 18.3 Å². The van der Waals surface area contributed by atoms with Gasteiger partial charge < -0.3 is 30.5 Å². The number of aromatic hydroxyl groups is 1. The number of unbranched alkanes of at least 4 members (excludes halogenated alkanes) is 3. The van der Waals surface area contributed by atoms with Crippen LogP contribution in [0, 0.1) is 0 Å². The average molecular weight is 446 g/mol. The molecular weight excluding hydrogens is 410 g/mol. The summed E-state index contributed by atoms with van der Waals surface area (Å²) < 4.78 is 5.67. The molecule has 0 fully saturated rings. The van der Waals surface area contributed by atoms with Crippen molar-refractivity contribution in [3.63, 3.8) is 0 Å². The second-order valence-electron chi connectivity index (χ2n) is 7.90. The van der Waals surface area contributed by atoms with Crippen LogP contribution >= 0.6 is 0 Å². The maximum Gasteiger partial charge on any atom is 0.335 e. The SMILES string of the molecule is O=C(O)c1ccc(CCCOCCCCCCNCC(O)c2ccc(O)c(CO)c2)cc1. The van der Waals surface area contributed by atoms with Gasteiger partial charge in [0.1, 0.15) is 5.75 Å². The summed E-state index contributed by atoms with van der Waals surface area (Å²) in [4.78, 5) is 10.8. The zero-order chi connectivity index (χ0) is 23.2. The maximum atomic E-state index is 10.8. The van der Waals surface area contributed by atoms with E-state index >= 15 is 0 Å². The van der Waals surface area contributed by atoms with E-state index in [9.17, 15) is 20.1 Å². The molecule has 0 spiro atoms. The molecule has 0 aromatic heterocycles. The molecule has 1 atom stereocenters. The Labute approximate surface area is 189 Å². The Hall–Kier alpha value is -2.45. The quantitative estimate of drug-likeness (QED) is 0.251. The summed E-state index contributed by atoms with van der Waals surface area (Å²) in [6.07, 6.45) is 5.35. The van der Waals surface area contributed by atoms with Crippen LogP contribution in [0.4, 0.5) is 0 Å². The molecule has 2 aromatic rings. The summed E-state index contributed by atoms with van der Waals surface area (Å²) in [7, 11) is 0. The summed E-state index contributed by atoms with van der Waals surface area (Å²) in [5, 5.41) is 41.1. The number of aliphatic hydroxyl groups is 2. The molecule has 7 nitrogen and oxygen atoms in total. The highest BCUT2D eigenvalue weighted by atomic mass is 16.5. The number of carboxylic acid groups (broad SMARTS) is 1. The summed E-state index contributed by atoms with van der Waals surface area (Å²) in [5.74, 6) is -0.868. The van der Waals surface area contributed by atoms with Crippen molar-refractivity contribution in [2.75, 3.05) is 26.3 Å². The van der Waals surface area contributed by atoms with E-state index in [-0.39, 0.29) is 12.4 Å². The van der Waals surface area contributed by atoms with Crippen molar-refractivity contribution < 1.29 is 30.0 Å². The molecule has 1 unspecified atom stereocenters. The molecule has 0 bridgehead atoms. The van der Waals surface area contributed by atoms with Crippen molar-refractivity contribution in [2.24, 2.45) is 0 Å². The molecule has 0 heterocycles. The van der Waals surface area contributed by atoms with Crippen molar-refractivity contribution >= 4 is 5.97 Å². The van der Waals surface area contributed by atoms with Crippen molar-refractivity contribution in [1.82, 2.24) is 5.32 Å². The van der Waals surface area contributed by atoms with Crippen LogP contribution < -0.4 is 5.32 Å². The van der Waals surface area contributed by atoms with E-state index in [1.165, 1.54) is 6.07 Å². The van der Waals surface area contributed by atoms with Gasteiger partial charge in [-0.1, -0.05) is 31.0 Å². The number of aliphatic hydroxyl groups excluding tert-OH is 2. The van der Waals surface area contributed by atoms with Gasteiger partial charge in [0, 0.05) is 25.3 Å².